The van der Waals surface area contributed by atoms with E-state index in [0.717, 1.165) is 12.0 Å². The lowest BCUT2D eigenvalue weighted by atomic mass is 10.1. The van der Waals surface area contributed by atoms with E-state index in [2.05, 4.69) is 0 Å². The van der Waals surface area contributed by atoms with Gasteiger partial charge in [-0.15, -0.1) is 0 Å². The molecular weight excluding hydrogens is 336 g/mol. The van der Waals surface area contributed by atoms with Gasteiger partial charge in [-0.25, -0.2) is 0 Å². The molecule has 0 aliphatic carbocycles. The number of esters is 1. The molecule has 7 heteroatoms. The molecule has 0 radical (unpaired) electrons. The zero-order valence-electron chi connectivity index (χ0n) is 14.3. The minimum Gasteiger partial charge on any atom is -0.426 e. The van der Waals surface area contributed by atoms with Gasteiger partial charge in [0, 0.05) is 30.8 Å². The first-order chi connectivity index (χ1) is 12.5. The quantitative estimate of drug-likeness (QED) is 0.356. The predicted molar refractivity (Wildman–Crippen MR) is 95.0 cm³/mol. The molecule has 1 fully saturated rings. The standard InChI is InChI=1S/C19H18N2O5/c1-2-13-3-9-17(10-4-13)26-19(23)14-11-18(22)20(12-14)15-5-7-16(8-6-15)21(24)25/h3-10,14H,2,11-12H2,1H3/t14-/m1/s1. The molecule has 0 bridgehead atoms. The summed E-state index contributed by atoms with van der Waals surface area (Å²) in [5.41, 5.74) is 1.63. The Labute approximate surface area is 150 Å². The Bertz CT molecular complexity index is 830. The lowest BCUT2D eigenvalue weighted by Gasteiger charge is -2.16. The predicted octanol–water partition coefficient (Wildman–Crippen LogP) is 3.12. The summed E-state index contributed by atoms with van der Waals surface area (Å²) in [5, 5.41) is 10.7. The summed E-state index contributed by atoms with van der Waals surface area (Å²) in [4.78, 5) is 36.2. The zero-order valence-corrected chi connectivity index (χ0v) is 14.3. The number of anilines is 1. The van der Waals surface area contributed by atoms with Crippen molar-refractivity contribution >= 4 is 23.3 Å². The van der Waals surface area contributed by atoms with Crippen molar-refractivity contribution < 1.29 is 19.2 Å². The van der Waals surface area contributed by atoms with Crippen molar-refractivity contribution in [2.45, 2.75) is 19.8 Å². The van der Waals surface area contributed by atoms with Crippen molar-refractivity contribution in [2.75, 3.05) is 11.4 Å². The lowest BCUT2D eigenvalue weighted by Crippen LogP contribution is -2.27. The molecule has 0 saturated carbocycles. The van der Waals surface area contributed by atoms with Gasteiger partial charge in [0.05, 0.1) is 10.8 Å². The number of ether oxygens (including phenoxy) is 1. The Morgan fingerprint density at radius 3 is 2.42 bits per heavy atom. The summed E-state index contributed by atoms with van der Waals surface area (Å²) < 4.78 is 5.37. The van der Waals surface area contributed by atoms with Gasteiger partial charge in [-0.05, 0) is 36.2 Å². The van der Waals surface area contributed by atoms with Gasteiger partial charge in [-0.3, -0.25) is 19.7 Å². The van der Waals surface area contributed by atoms with Crippen LogP contribution in [-0.2, 0) is 16.0 Å². The molecule has 1 atom stereocenters. The van der Waals surface area contributed by atoms with Crippen LogP contribution in [0.25, 0.3) is 0 Å². The van der Waals surface area contributed by atoms with E-state index in [1.165, 1.54) is 29.2 Å². The summed E-state index contributed by atoms with van der Waals surface area (Å²) in [6.45, 7) is 2.24. The van der Waals surface area contributed by atoms with E-state index in [4.69, 9.17) is 4.74 Å². The van der Waals surface area contributed by atoms with E-state index in [0.29, 0.717) is 11.4 Å². The molecule has 1 aliphatic heterocycles. The Balaban J connectivity index is 1.66. The monoisotopic (exact) mass is 354 g/mol. The number of amides is 1. The second kappa shape index (κ2) is 7.35. The Morgan fingerprint density at radius 2 is 1.85 bits per heavy atom. The van der Waals surface area contributed by atoms with Crippen molar-refractivity contribution in [1.29, 1.82) is 0 Å². The number of nitro benzene ring substituents is 1. The molecule has 2 aromatic carbocycles. The fourth-order valence-electron chi connectivity index (χ4n) is 2.86. The van der Waals surface area contributed by atoms with Crippen LogP contribution in [0.4, 0.5) is 11.4 Å². The molecule has 1 heterocycles. The van der Waals surface area contributed by atoms with Crippen LogP contribution in [0.3, 0.4) is 0 Å². The molecule has 1 aliphatic rings. The maximum atomic E-state index is 12.3. The molecule has 0 aromatic heterocycles. The van der Waals surface area contributed by atoms with Gasteiger partial charge in [-0.2, -0.15) is 0 Å². The normalized spacial score (nSPS) is 16.6. The van der Waals surface area contributed by atoms with Gasteiger partial charge in [0.2, 0.25) is 5.91 Å². The topological polar surface area (TPSA) is 89.8 Å². The number of carbonyl (C=O) groups excluding carboxylic acids is 2. The number of aryl methyl sites for hydroxylation is 1. The van der Waals surface area contributed by atoms with E-state index in [1.54, 1.807) is 12.1 Å². The van der Waals surface area contributed by atoms with E-state index in [9.17, 15) is 19.7 Å². The minimum absolute atomic E-state index is 0.0492. The van der Waals surface area contributed by atoms with Crippen LogP contribution in [0.5, 0.6) is 5.75 Å². The third kappa shape index (κ3) is 3.72. The molecule has 1 saturated heterocycles. The van der Waals surface area contributed by atoms with Crippen molar-refractivity contribution in [3.05, 3.63) is 64.2 Å². The molecule has 0 spiro atoms. The van der Waals surface area contributed by atoms with Gasteiger partial charge in [0.1, 0.15) is 5.75 Å². The second-order valence-corrected chi connectivity index (χ2v) is 6.10. The number of nitrogens with zero attached hydrogens (tertiary/aromatic N) is 2. The molecule has 2 aromatic rings. The largest absolute Gasteiger partial charge is 0.426 e. The van der Waals surface area contributed by atoms with E-state index < -0.39 is 16.8 Å². The van der Waals surface area contributed by atoms with Gasteiger partial charge in [0.25, 0.3) is 5.69 Å². The molecule has 26 heavy (non-hydrogen) atoms. The highest BCUT2D eigenvalue weighted by Crippen LogP contribution is 2.28. The summed E-state index contributed by atoms with van der Waals surface area (Å²) in [6, 6.07) is 13.0. The van der Waals surface area contributed by atoms with Crippen LogP contribution in [0.15, 0.2) is 48.5 Å². The molecule has 1 amide bonds. The third-order valence-electron chi connectivity index (χ3n) is 4.38. The number of hydrogen-bond donors (Lipinski definition) is 0. The number of benzene rings is 2. The highest BCUT2D eigenvalue weighted by Gasteiger charge is 2.36. The second-order valence-electron chi connectivity index (χ2n) is 6.10. The summed E-state index contributed by atoms with van der Waals surface area (Å²) in [5.74, 6) is -0.772. The molecule has 0 N–H and O–H groups in total. The summed E-state index contributed by atoms with van der Waals surface area (Å²) in [6.07, 6.45) is 0.957. The average molecular weight is 354 g/mol. The maximum Gasteiger partial charge on any atom is 0.316 e. The smallest absolute Gasteiger partial charge is 0.316 e. The average Bonchev–Trinajstić information content (AvgIpc) is 3.04. The highest BCUT2D eigenvalue weighted by molar-refractivity contribution is 5.99. The number of nitro groups is 1. The van der Waals surface area contributed by atoms with Crippen molar-refractivity contribution in [2.24, 2.45) is 5.92 Å². The Hall–Kier alpha value is -3.22. The van der Waals surface area contributed by atoms with Crippen molar-refractivity contribution in [3.63, 3.8) is 0 Å². The van der Waals surface area contributed by atoms with Crippen LogP contribution < -0.4 is 9.64 Å². The zero-order chi connectivity index (χ0) is 18.7. The van der Waals surface area contributed by atoms with Crippen LogP contribution in [0, 0.1) is 16.0 Å². The SMILES string of the molecule is CCc1ccc(OC(=O)[C@@H]2CC(=O)N(c3ccc([N+](=O)[O-])cc3)C2)cc1. The van der Waals surface area contributed by atoms with Gasteiger partial charge in [-0.1, -0.05) is 19.1 Å². The molecular formula is C19H18N2O5. The van der Waals surface area contributed by atoms with Crippen molar-refractivity contribution in [3.8, 4) is 5.75 Å². The fraction of sp³-hybridized carbons (Fsp3) is 0.263. The molecule has 3 rings (SSSR count). The van der Waals surface area contributed by atoms with Gasteiger partial charge < -0.3 is 9.64 Å². The Kier molecular flexibility index (Phi) is 4.97. The molecule has 134 valence electrons. The first-order valence-electron chi connectivity index (χ1n) is 8.33. The summed E-state index contributed by atoms with van der Waals surface area (Å²) >= 11 is 0. The van der Waals surface area contributed by atoms with Crippen LogP contribution in [0.2, 0.25) is 0 Å². The van der Waals surface area contributed by atoms with Crippen LogP contribution in [0.1, 0.15) is 18.9 Å². The third-order valence-corrected chi connectivity index (χ3v) is 4.38. The number of hydrogen-bond acceptors (Lipinski definition) is 5. The van der Waals surface area contributed by atoms with E-state index in [-0.39, 0.29) is 24.6 Å². The van der Waals surface area contributed by atoms with Gasteiger partial charge >= 0.3 is 5.97 Å². The Morgan fingerprint density at radius 1 is 1.19 bits per heavy atom. The van der Waals surface area contributed by atoms with Crippen LogP contribution >= 0.6 is 0 Å². The van der Waals surface area contributed by atoms with Gasteiger partial charge in [0.15, 0.2) is 0 Å². The number of rotatable bonds is 5. The van der Waals surface area contributed by atoms with Crippen LogP contribution in [-0.4, -0.2) is 23.3 Å². The van der Waals surface area contributed by atoms with E-state index in [1.807, 2.05) is 19.1 Å². The fourth-order valence-corrected chi connectivity index (χ4v) is 2.86. The minimum atomic E-state index is -0.566. The number of non-ortho nitro benzene ring substituents is 1. The highest BCUT2D eigenvalue weighted by atomic mass is 16.6. The van der Waals surface area contributed by atoms with E-state index >= 15 is 0 Å². The first kappa shape index (κ1) is 17.6. The molecule has 7 nitrogen and oxygen atoms in total. The first-order valence-corrected chi connectivity index (χ1v) is 8.33. The molecule has 0 unspecified atom stereocenters. The summed E-state index contributed by atoms with van der Waals surface area (Å²) in [7, 11) is 0. The van der Waals surface area contributed by atoms with Crippen molar-refractivity contribution in [1.82, 2.24) is 0 Å². The maximum absolute atomic E-state index is 12.3. The number of carbonyl (C=O) groups is 2. The lowest BCUT2D eigenvalue weighted by molar-refractivity contribution is -0.384.